The van der Waals surface area contributed by atoms with Crippen LogP contribution in [0.1, 0.15) is 64.5 Å². The summed E-state index contributed by atoms with van der Waals surface area (Å²) >= 11 is 0. The monoisotopic (exact) mass is 434 g/mol. The molecule has 0 saturated carbocycles. The third-order valence-corrected chi connectivity index (χ3v) is 6.14. The number of benzene rings is 2. The highest BCUT2D eigenvalue weighted by molar-refractivity contribution is 5.78. The Labute approximate surface area is 201 Å². The summed E-state index contributed by atoms with van der Waals surface area (Å²) in [5.41, 5.74) is 11.3. The van der Waals surface area contributed by atoms with Gasteiger partial charge in [0.1, 0.15) is 0 Å². The number of hydrogen-bond acceptors (Lipinski definition) is 0. The minimum atomic E-state index is 0.971. The minimum absolute atomic E-state index is 0.971. The van der Waals surface area contributed by atoms with Crippen LogP contribution in [0.25, 0.3) is 5.57 Å². The second kappa shape index (κ2) is 12.8. The zero-order valence-corrected chi connectivity index (χ0v) is 20.8. The van der Waals surface area contributed by atoms with Crippen molar-refractivity contribution in [3.63, 3.8) is 0 Å². The minimum Gasteiger partial charge on any atom is -0.0842 e. The maximum atomic E-state index is 2.47. The van der Waals surface area contributed by atoms with Gasteiger partial charge in [-0.2, -0.15) is 0 Å². The van der Waals surface area contributed by atoms with Crippen molar-refractivity contribution in [1.82, 2.24) is 0 Å². The van der Waals surface area contributed by atoms with Crippen LogP contribution in [0.3, 0.4) is 0 Å². The molecule has 2 aromatic carbocycles. The predicted molar refractivity (Wildman–Crippen MR) is 146 cm³/mol. The lowest BCUT2D eigenvalue weighted by atomic mass is 9.85. The van der Waals surface area contributed by atoms with Gasteiger partial charge < -0.3 is 0 Å². The molecule has 0 nitrogen and oxygen atoms in total. The Morgan fingerprint density at radius 3 is 2.24 bits per heavy atom. The molecule has 0 saturated heterocycles. The standard InChI is InChI=1S/C31H32.C2H6/c1-24(2)30(20-25-12-6-3-7-13-25)22-29-19-18-28(27-16-10-5-11-17-27)23-31(29)21-26-14-8-4-9-15-26;1-2/h3-6,8-12,14-18,22-23H,7,13,19-21H2,1-2H3;1-2H3/b29-22+;. The SMILES string of the molecule is CC.CC(C)=C(/C=C1\CC=C(c2ccccc2)C=C1Cc1ccccc1)CC1=CC=CCC1. The van der Waals surface area contributed by atoms with Crippen molar-refractivity contribution in [2.24, 2.45) is 0 Å². The lowest BCUT2D eigenvalue weighted by Gasteiger charge is -2.20. The molecule has 0 spiro atoms. The van der Waals surface area contributed by atoms with E-state index in [4.69, 9.17) is 0 Å². The molecule has 2 aliphatic rings. The van der Waals surface area contributed by atoms with Crippen molar-refractivity contribution in [3.8, 4) is 0 Å². The molecular weight excluding hydrogens is 396 g/mol. The maximum absolute atomic E-state index is 2.47. The Kier molecular flexibility index (Phi) is 9.51. The highest BCUT2D eigenvalue weighted by Crippen LogP contribution is 2.33. The van der Waals surface area contributed by atoms with E-state index < -0.39 is 0 Å². The van der Waals surface area contributed by atoms with Crippen LogP contribution >= 0.6 is 0 Å². The van der Waals surface area contributed by atoms with E-state index in [-0.39, 0.29) is 0 Å². The second-order valence-corrected chi connectivity index (χ2v) is 8.72. The van der Waals surface area contributed by atoms with Gasteiger partial charge in [-0.3, -0.25) is 0 Å². The molecule has 0 aliphatic heterocycles. The fraction of sp³-hybridized carbons (Fsp3) is 0.273. The van der Waals surface area contributed by atoms with Crippen molar-refractivity contribution in [1.29, 1.82) is 0 Å². The van der Waals surface area contributed by atoms with Gasteiger partial charge in [-0.1, -0.05) is 122 Å². The average molecular weight is 435 g/mol. The van der Waals surface area contributed by atoms with E-state index in [0.29, 0.717) is 0 Å². The van der Waals surface area contributed by atoms with Crippen LogP contribution in [0, 0.1) is 0 Å². The highest BCUT2D eigenvalue weighted by atomic mass is 14.2. The third kappa shape index (κ3) is 7.19. The van der Waals surface area contributed by atoms with E-state index in [1.165, 1.54) is 51.8 Å². The number of allylic oxidation sites excluding steroid dienone is 12. The normalized spacial score (nSPS) is 16.2. The molecule has 4 rings (SSSR count). The summed E-state index contributed by atoms with van der Waals surface area (Å²) in [7, 11) is 0. The molecule has 2 aliphatic carbocycles. The van der Waals surface area contributed by atoms with Gasteiger partial charge in [0.15, 0.2) is 0 Å². The summed E-state index contributed by atoms with van der Waals surface area (Å²) in [6, 6.07) is 21.6. The Morgan fingerprint density at radius 1 is 0.909 bits per heavy atom. The zero-order chi connectivity index (χ0) is 23.5. The maximum Gasteiger partial charge on any atom is -0.00227 e. The first kappa shape index (κ1) is 24.5. The largest absolute Gasteiger partial charge is 0.0842 e. The van der Waals surface area contributed by atoms with E-state index in [1.54, 1.807) is 5.57 Å². The Morgan fingerprint density at radius 2 is 1.61 bits per heavy atom. The predicted octanol–water partition coefficient (Wildman–Crippen LogP) is 9.60. The third-order valence-electron chi connectivity index (χ3n) is 6.14. The summed E-state index contributed by atoms with van der Waals surface area (Å²) in [5, 5.41) is 0. The first-order chi connectivity index (χ1) is 16.2. The topological polar surface area (TPSA) is 0 Å². The van der Waals surface area contributed by atoms with Crippen LogP contribution in [0.4, 0.5) is 0 Å². The highest BCUT2D eigenvalue weighted by Gasteiger charge is 2.15. The van der Waals surface area contributed by atoms with Gasteiger partial charge >= 0.3 is 0 Å². The molecule has 170 valence electrons. The van der Waals surface area contributed by atoms with Crippen molar-refractivity contribution in [2.75, 3.05) is 0 Å². The smallest absolute Gasteiger partial charge is 0.00227 e. The molecule has 0 atom stereocenters. The van der Waals surface area contributed by atoms with E-state index in [1.807, 2.05) is 13.8 Å². The van der Waals surface area contributed by atoms with Gasteiger partial charge in [-0.25, -0.2) is 0 Å². The molecule has 0 amide bonds. The molecule has 0 unspecified atom stereocenters. The summed E-state index contributed by atoms with van der Waals surface area (Å²) in [4.78, 5) is 0. The van der Waals surface area contributed by atoms with E-state index >= 15 is 0 Å². The number of hydrogen-bond donors (Lipinski definition) is 0. The second-order valence-electron chi connectivity index (χ2n) is 8.72. The van der Waals surface area contributed by atoms with Gasteiger partial charge in [0, 0.05) is 0 Å². The molecule has 0 heteroatoms. The van der Waals surface area contributed by atoms with Crippen LogP contribution in [-0.4, -0.2) is 0 Å². The summed E-state index contributed by atoms with van der Waals surface area (Å²) in [6.45, 7) is 8.50. The lowest BCUT2D eigenvalue weighted by Crippen LogP contribution is -2.02. The van der Waals surface area contributed by atoms with Crippen molar-refractivity contribution < 1.29 is 0 Å². The molecule has 0 fully saturated rings. The van der Waals surface area contributed by atoms with Crippen LogP contribution in [-0.2, 0) is 6.42 Å². The van der Waals surface area contributed by atoms with Crippen LogP contribution in [0.5, 0.6) is 0 Å². The molecule has 0 heterocycles. The molecule has 0 N–H and O–H groups in total. The van der Waals surface area contributed by atoms with Gasteiger partial charge in [0.05, 0.1) is 0 Å². The van der Waals surface area contributed by atoms with E-state index in [0.717, 1.165) is 19.3 Å². The quantitative estimate of drug-likeness (QED) is 0.424. The van der Waals surface area contributed by atoms with Crippen molar-refractivity contribution in [3.05, 3.63) is 136 Å². The summed E-state index contributed by atoms with van der Waals surface area (Å²) in [5.74, 6) is 0. The molecule has 0 aromatic heterocycles. The van der Waals surface area contributed by atoms with E-state index in [9.17, 15) is 0 Å². The van der Waals surface area contributed by atoms with Gasteiger partial charge in [-0.15, -0.1) is 0 Å². The van der Waals surface area contributed by atoms with Crippen LogP contribution in [0.15, 0.2) is 125 Å². The lowest BCUT2D eigenvalue weighted by molar-refractivity contribution is 0.905. The summed E-state index contributed by atoms with van der Waals surface area (Å²) < 4.78 is 0. The molecule has 2 aromatic rings. The Hall–Kier alpha value is -3.12. The molecular formula is C33H38. The summed E-state index contributed by atoms with van der Waals surface area (Å²) in [6.07, 6.45) is 19.4. The first-order valence-corrected chi connectivity index (χ1v) is 12.4. The van der Waals surface area contributed by atoms with Gasteiger partial charge in [0.2, 0.25) is 0 Å². The van der Waals surface area contributed by atoms with Crippen molar-refractivity contribution >= 4 is 5.57 Å². The zero-order valence-electron chi connectivity index (χ0n) is 20.8. The fourth-order valence-corrected chi connectivity index (χ4v) is 4.28. The average Bonchev–Trinajstić information content (AvgIpc) is 2.87. The van der Waals surface area contributed by atoms with E-state index in [2.05, 4.69) is 111 Å². The Bertz CT molecular complexity index is 1080. The fourth-order valence-electron chi connectivity index (χ4n) is 4.28. The van der Waals surface area contributed by atoms with Crippen LogP contribution in [0.2, 0.25) is 0 Å². The molecule has 33 heavy (non-hydrogen) atoms. The van der Waals surface area contributed by atoms with Gasteiger partial charge in [-0.05, 0) is 79.4 Å². The first-order valence-electron chi connectivity index (χ1n) is 12.4. The van der Waals surface area contributed by atoms with Gasteiger partial charge in [0.25, 0.3) is 0 Å². The van der Waals surface area contributed by atoms with Crippen molar-refractivity contribution in [2.45, 2.75) is 59.8 Å². The molecule has 0 bridgehead atoms. The number of rotatable bonds is 6. The molecule has 0 radical (unpaired) electrons. The van der Waals surface area contributed by atoms with Crippen LogP contribution < -0.4 is 0 Å². The Balaban J connectivity index is 0.00000149.